The lowest BCUT2D eigenvalue weighted by atomic mass is 10.2. The van der Waals surface area contributed by atoms with Crippen molar-refractivity contribution in [2.24, 2.45) is 0 Å². The molecular formula is C14H14N2OS. The summed E-state index contributed by atoms with van der Waals surface area (Å²) in [7, 11) is 0. The molecule has 3 aromatic rings. The van der Waals surface area contributed by atoms with Crippen molar-refractivity contribution in [3.8, 4) is 0 Å². The lowest BCUT2D eigenvalue weighted by Gasteiger charge is -2.10. The fraction of sp³-hybridized carbons (Fsp3) is 0.214. The van der Waals surface area contributed by atoms with E-state index in [4.69, 9.17) is 0 Å². The minimum absolute atomic E-state index is 0.593. The van der Waals surface area contributed by atoms with Crippen LogP contribution in [0.1, 0.15) is 23.6 Å². The maximum absolute atomic E-state index is 10.4. The van der Waals surface area contributed by atoms with Gasteiger partial charge < -0.3 is 5.11 Å². The summed E-state index contributed by atoms with van der Waals surface area (Å²) >= 11 is 1.63. The third kappa shape index (κ3) is 1.83. The van der Waals surface area contributed by atoms with Gasteiger partial charge >= 0.3 is 0 Å². The number of hydrogen-bond donors (Lipinski definition) is 1. The van der Waals surface area contributed by atoms with Gasteiger partial charge in [-0.05, 0) is 30.5 Å². The summed E-state index contributed by atoms with van der Waals surface area (Å²) in [5, 5.41) is 15.8. The molecule has 0 spiro atoms. The molecule has 1 N–H and O–H groups in total. The van der Waals surface area contributed by atoms with E-state index in [9.17, 15) is 5.11 Å². The minimum Gasteiger partial charge on any atom is -0.381 e. The number of fused-ring (bicyclic) bond motifs is 1. The van der Waals surface area contributed by atoms with Gasteiger partial charge in [0.1, 0.15) is 6.10 Å². The first-order chi connectivity index (χ1) is 8.79. The highest BCUT2D eigenvalue weighted by Crippen LogP contribution is 2.32. The average molecular weight is 258 g/mol. The molecule has 0 aliphatic carbocycles. The summed E-state index contributed by atoms with van der Waals surface area (Å²) in [5.74, 6) is 0. The molecule has 2 aromatic heterocycles. The Bertz CT molecular complexity index is 638. The van der Waals surface area contributed by atoms with Crippen LogP contribution in [0.2, 0.25) is 0 Å². The molecule has 1 unspecified atom stereocenters. The SMILES string of the molecule is CCn1nccc1C(O)c1cc2ccccc2s1. The number of rotatable bonds is 3. The quantitative estimate of drug-likeness (QED) is 0.783. The fourth-order valence-electron chi connectivity index (χ4n) is 2.12. The van der Waals surface area contributed by atoms with E-state index in [-0.39, 0.29) is 0 Å². The van der Waals surface area contributed by atoms with E-state index in [2.05, 4.69) is 23.3 Å². The molecular weight excluding hydrogens is 244 g/mol. The van der Waals surface area contributed by atoms with Crippen LogP contribution < -0.4 is 0 Å². The van der Waals surface area contributed by atoms with Gasteiger partial charge in [-0.3, -0.25) is 4.68 Å². The number of thiophene rings is 1. The Balaban J connectivity index is 2.03. The van der Waals surface area contributed by atoms with E-state index in [0.29, 0.717) is 0 Å². The average Bonchev–Trinajstić information content (AvgIpc) is 3.03. The van der Waals surface area contributed by atoms with Crippen molar-refractivity contribution < 1.29 is 5.11 Å². The molecule has 0 saturated carbocycles. The van der Waals surface area contributed by atoms with Gasteiger partial charge in [0, 0.05) is 22.3 Å². The number of hydrogen-bond acceptors (Lipinski definition) is 3. The fourth-order valence-corrected chi connectivity index (χ4v) is 3.19. The Kier molecular flexibility index (Phi) is 2.89. The third-order valence-electron chi connectivity index (χ3n) is 3.04. The first kappa shape index (κ1) is 11.4. The predicted octanol–water partition coefficient (Wildman–Crippen LogP) is 3.20. The van der Waals surface area contributed by atoms with E-state index in [1.54, 1.807) is 17.5 Å². The van der Waals surface area contributed by atoms with Crippen LogP contribution >= 0.6 is 11.3 Å². The van der Waals surface area contributed by atoms with E-state index >= 15 is 0 Å². The van der Waals surface area contributed by atoms with Crippen molar-refractivity contribution in [3.05, 3.63) is 53.2 Å². The van der Waals surface area contributed by atoms with Gasteiger partial charge in [0.05, 0.1) is 5.69 Å². The summed E-state index contributed by atoms with van der Waals surface area (Å²) < 4.78 is 3.03. The van der Waals surface area contributed by atoms with Crippen molar-refractivity contribution in [1.82, 2.24) is 9.78 Å². The summed E-state index contributed by atoms with van der Waals surface area (Å²) in [5.41, 5.74) is 0.851. The first-order valence-corrected chi connectivity index (χ1v) is 6.79. The number of aromatic nitrogens is 2. The van der Waals surface area contributed by atoms with Crippen LogP contribution in [-0.4, -0.2) is 14.9 Å². The third-order valence-corrected chi connectivity index (χ3v) is 4.21. The number of aliphatic hydroxyl groups is 1. The molecule has 1 atom stereocenters. The molecule has 0 bridgehead atoms. The Hall–Kier alpha value is -1.65. The van der Waals surface area contributed by atoms with Gasteiger partial charge in [0.25, 0.3) is 0 Å². The summed E-state index contributed by atoms with van der Waals surface area (Å²) in [4.78, 5) is 0.964. The number of aryl methyl sites for hydroxylation is 1. The summed E-state index contributed by atoms with van der Waals surface area (Å²) in [6, 6.07) is 12.1. The van der Waals surface area contributed by atoms with Crippen molar-refractivity contribution >= 4 is 21.4 Å². The van der Waals surface area contributed by atoms with E-state index in [1.807, 2.05) is 29.8 Å². The number of nitrogens with zero attached hydrogens (tertiary/aromatic N) is 2. The first-order valence-electron chi connectivity index (χ1n) is 5.98. The topological polar surface area (TPSA) is 38.0 Å². The van der Waals surface area contributed by atoms with Crippen LogP contribution in [0.4, 0.5) is 0 Å². The zero-order valence-electron chi connectivity index (χ0n) is 10.1. The van der Waals surface area contributed by atoms with Crippen molar-refractivity contribution in [2.45, 2.75) is 19.6 Å². The van der Waals surface area contributed by atoms with Crippen LogP contribution in [0.3, 0.4) is 0 Å². The molecule has 2 heterocycles. The molecule has 1 aromatic carbocycles. The molecule has 0 aliphatic rings. The Morgan fingerprint density at radius 1 is 1.33 bits per heavy atom. The second-order valence-corrected chi connectivity index (χ2v) is 5.28. The molecule has 0 radical (unpaired) electrons. The highest BCUT2D eigenvalue weighted by molar-refractivity contribution is 7.19. The summed E-state index contributed by atoms with van der Waals surface area (Å²) in [6.45, 7) is 2.79. The van der Waals surface area contributed by atoms with Crippen molar-refractivity contribution in [1.29, 1.82) is 0 Å². The standard InChI is InChI=1S/C14H14N2OS/c1-2-16-11(7-8-15-16)14(17)13-9-10-5-3-4-6-12(10)18-13/h3-9,14,17H,2H2,1H3. The van der Waals surface area contributed by atoms with Crippen LogP contribution in [-0.2, 0) is 6.54 Å². The normalized spacial score (nSPS) is 13.0. The monoisotopic (exact) mass is 258 g/mol. The van der Waals surface area contributed by atoms with E-state index < -0.39 is 6.10 Å². The van der Waals surface area contributed by atoms with Gasteiger partial charge in [-0.2, -0.15) is 5.10 Å². The number of aliphatic hydroxyl groups excluding tert-OH is 1. The van der Waals surface area contributed by atoms with Gasteiger partial charge in [0.15, 0.2) is 0 Å². The van der Waals surface area contributed by atoms with Crippen LogP contribution in [0.15, 0.2) is 42.6 Å². The van der Waals surface area contributed by atoms with E-state index in [0.717, 1.165) is 17.1 Å². The lowest BCUT2D eigenvalue weighted by molar-refractivity contribution is 0.212. The molecule has 3 rings (SSSR count). The van der Waals surface area contributed by atoms with Crippen LogP contribution in [0.5, 0.6) is 0 Å². The lowest BCUT2D eigenvalue weighted by Crippen LogP contribution is -2.07. The molecule has 4 heteroatoms. The summed E-state index contributed by atoms with van der Waals surface area (Å²) in [6.07, 6.45) is 1.14. The molecule has 0 amide bonds. The Morgan fingerprint density at radius 3 is 2.94 bits per heavy atom. The number of benzene rings is 1. The maximum atomic E-state index is 10.4. The van der Waals surface area contributed by atoms with Gasteiger partial charge in [-0.1, -0.05) is 18.2 Å². The zero-order valence-corrected chi connectivity index (χ0v) is 10.9. The molecule has 3 nitrogen and oxygen atoms in total. The van der Waals surface area contributed by atoms with Crippen LogP contribution in [0, 0.1) is 0 Å². The highest BCUT2D eigenvalue weighted by Gasteiger charge is 2.17. The van der Waals surface area contributed by atoms with Crippen LogP contribution in [0.25, 0.3) is 10.1 Å². The van der Waals surface area contributed by atoms with E-state index in [1.165, 1.54) is 10.1 Å². The smallest absolute Gasteiger partial charge is 0.130 e. The highest BCUT2D eigenvalue weighted by atomic mass is 32.1. The Labute approximate surface area is 109 Å². The molecule has 92 valence electrons. The predicted molar refractivity (Wildman–Crippen MR) is 73.8 cm³/mol. The second kappa shape index (κ2) is 4.55. The van der Waals surface area contributed by atoms with Gasteiger partial charge in [-0.25, -0.2) is 0 Å². The van der Waals surface area contributed by atoms with Gasteiger partial charge in [0.2, 0.25) is 0 Å². The zero-order chi connectivity index (χ0) is 12.5. The van der Waals surface area contributed by atoms with Crippen molar-refractivity contribution in [3.63, 3.8) is 0 Å². The van der Waals surface area contributed by atoms with Crippen molar-refractivity contribution in [2.75, 3.05) is 0 Å². The second-order valence-electron chi connectivity index (χ2n) is 4.16. The Morgan fingerprint density at radius 2 is 2.17 bits per heavy atom. The molecule has 0 aliphatic heterocycles. The molecule has 0 fully saturated rings. The molecule has 18 heavy (non-hydrogen) atoms. The maximum Gasteiger partial charge on any atom is 0.130 e. The molecule has 0 saturated heterocycles. The largest absolute Gasteiger partial charge is 0.381 e. The van der Waals surface area contributed by atoms with Gasteiger partial charge in [-0.15, -0.1) is 11.3 Å². The minimum atomic E-state index is -0.593.